The van der Waals surface area contributed by atoms with Gasteiger partial charge in [0.1, 0.15) is 5.75 Å². The van der Waals surface area contributed by atoms with Crippen LogP contribution in [0, 0.1) is 5.92 Å². The SMILES string of the molecule is CCOc1ccc2nc(N3CCC[C@@H](C(=O)Nc4cccc(C(C)=O)c4)C3)sc2c1. The van der Waals surface area contributed by atoms with Crippen LogP contribution in [0.5, 0.6) is 5.75 Å². The Bertz CT molecular complexity index is 1080. The van der Waals surface area contributed by atoms with Gasteiger partial charge in [0.2, 0.25) is 5.91 Å². The summed E-state index contributed by atoms with van der Waals surface area (Å²) in [7, 11) is 0. The second-order valence-electron chi connectivity index (χ2n) is 7.47. The van der Waals surface area contributed by atoms with E-state index in [9.17, 15) is 9.59 Å². The van der Waals surface area contributed by atoms with E-state index in [4.69, 9.17) is 9.72 Å². The largest absolute Gasteiger partial charge is 0.494 e. The van der Waals surface area contributed by atoms with Gasteiger partial charge < -0.3 is 15.0 Å². The van der Waals surface area contributed by atoms with Crippen LogP contribution in [-0.4, -0.2) is 36.4 Å². The van der Waals surface area contributed by atoms with Crippen molar-refractivity contribution in [2.45, 2.75) is 26.7 Å². The van der Waals surface area contributed by atoms with E-state index in [1.165, 1.54) is 6.92 Å². The normalized spacial score (nSPS) is 16.5. The van der Waals surface area contributed by atoms with Crippen LogP contribution in [0.2, 0.25) is 0 Å². The van der Waals surface area contributed by atoms with Crippen molar-refractivity contribution in [3.05, 3.63) is 48.0 Å². The Morgan fingerprint density at radius 2 is 2.13 bits per heavy atom. The summed E-state index contributed by atoms with van der Waals surface area (Å²) in [5, 5.41) is 3.92. The highest BCUT2D eigenvalue weighted by Gasteiger charge is 2.27. The molecule has 3 aromatic rings. The van der Waals surface area contributed by atoms with Crippen LogP contribution in [0.15, 0.2) is 42.5 Å². The molecule has 1 amide bonds. The summed E-state index contributed by atoms with van der Waals surface area (Å²) in [6.07, 6.45) is 1.78. The predicted molar refractivity (Wildman–Crippen MR) is 121 cm³/mol. The number of fused-ring (bicyclic) bond motifs is 1. The zero-order valence-corrected chi connectivity index (χ0v) is 18.0. The van der Waals surface area contributed by atoms with Gasteiger partial charge in [0.25, 0.3) is 0 Å². The number of amides is 1. The second kappa shape index (κ2) is 8.83. The molecule has 1 aliphatic heterocycles. The zero-order chi connectivity index (χ0) is 21.1. The van der Waals surface area contributed by atoms with Gasteiger partial charge >= 0.3 is 0 Å². The first kappa shape index (κ1) is 20.3. The van der Waals surface area contributed by atoms with E-state index in [1.807, 2.05) is 31.2 Å². The van der Waals surface area contributed by atoms with Crippen LogP contribution in [0.1, 0.15) is 37.0 Å². The fourth-order valence-electron chi connectivity index (χ4n) is 3.71. The molecule has 4 rings (SSSR count). The van der Waals surface area contributed by atoms with Crippen molar-refractivity contribution in [2.75, 3.05) is 29.9 Å². The van der Waals surface area contributed by atoms with E-state index in [2.05, 4.69) is 10.2 Å². The number of ketones is 1. The number of nitrogens with one attached hydrogen (secondary N) is 1. The van der Waals surface area contributed by atoms with Gasteiger partial charge in [0.15, 0.2) is 10.9 Å². The summed E-state index contributed by atoms with van der Waals surface area (Å²) in [6.45, 7) is 5.65. The molecular weight excluding hydrogens is 398 g/mol. The van der Waals surface area contributed by atoms with Crippen LogP contribution < -0.4 is 15.0 Å². The Hall–Kier alpha value is -2.93. The minimum atomic E-state index is -0.120. The molecule has 0 unspecified atom stereocenters. The van der Waals surface area contributed by atoms with E-state index in [0.29, 0.717) is 24.4 Å². The molecule has 0 radical (unpaired) electrons. The number of hydrogen-bond acceptors (Lipinski definition) is 6. The molecule has 156 valence electrons. The summed E-state index contributed by atoms with van der Waals surface area (Å²) in [4.78, 5) is 31.4. The van der Waals surface area contributed by atoms with Crippen LogP contribution in [0.4, 0.5) is 10.8 Å². The number of Topliss-reactive ketones (excluding diaryl/α,β-unsaturated/α-hetero) is 1. The fourth-order valence-corrected chi connectivity index (χ4v) is 4.74. The zero-order valence-electron chi connectivity index (χ0n) is 17.2. The van der Waals surface area contributed by atoms with Crippen LogP contribution in [0.25, 0.3) is 10.2 Å². The lowest BCUT2D eigenvalue weighted by Gasteiger charge is -2.31. The number of ether oxygens (including phenoxy) is 1. The maximum atomic E-state index is 12.9. The minimum absolute atomic E-state index is 0.0138. The molecule has 1 fully saturated rings. The van der Waals surface area contributed by atoms with Gasteiger partial charge in [0, 0.05) is 24.3 Å². The third-order valence-corrected chi connectivity index (χ3v) is 6.34. The molecule has 30 heavy (non-hydrogen) atoms. The van der Waals surface area contributed by atoms with E-state index in [0.717, 1.165) is 40.5 Å². The lowest BCUT2D eigenvalue weighted by Crippen LogP contribution is -2.40. The molecule has 6 nitrogen and oxygen atoms in total. The third-order valence-electron chi connectivity index (χ3n) is 5.26. The summed E-state index contributed by atoms with van der Waals surface area (Å²) >= 11 is 1.63. The van der Waals surface area contributed by atoms with Crippen molar-refractivity contribution >= 4 is 44.1 Å². The van der Waals surface area contributed by atoms with Gasteiger partial charge in [-0.05, 0) is 57.0 Å². The summed E-state index contributed by atoms with van der Waals surface area (Å²) < 4.78 is 6.67. The Balaban J connectivity index is 1.46. The smallest absolute Gasteiger partial charge is 0.229 e. The lowest BCUT2D eigenvalue weighted by atomic mass is 9.97. The highest BCUT2D eigenvalue weighted by Crippen LogP contribution is 2.33. The lowest BCUT2D eigenvalue weighted by molar-refractivity contribution is -0.120. The molecule has 1 N–H and O–H groups in total. The van der Waals surface area contributed by atoms with Gasteiger partial charge in [-0.3, -0.25) is 9.59 Å². The van der Waals surface area contributed by atoms with Gasteiger partial charge in [-0.2, -0.15) is 0 Å². The van der Waals surface area contributed by atoms with Gasteiger partial charge in [-0.25, -0.2) is 4.98 Å². The Labute approximate surface area is 179 Å². The number of nitrogens with zero attached hydrogens (tertiary/aromatic N) is 2. The molecular formula is C23H25N3O3S. The second-order valence-corrected chi connectivity index (χ2v) is 8.48. The van der Waals surface area contributed by atoms with Crippen molar-refractivity contribution in [2.24, 2.45) is 5.92 Å². The number of thiazole rings is 1. The number of benzene rings is 2. The molecule has 7 heteroatoms. The van der Waals surface area contributed by atoms with Gasteiger partial charge in [0.05, 0.1) is 22.7 Å². The number of anilines is 2. The first-order valence-corrected chi connectivity index (χ1v) is 11.1. The molecule has 0 spiro atoms. The molecule has 2 heterocycles. The molecule has 1 atom stereocenters. The summed E-state index contributed by atoms with van der Waals surface area (Å²) in [5.74, 6) is 0.702. The number of aromatic nitrogens is 1. The first-order chi connectivity index (χ1) is 14.5. The molecule has 0 saturated carbocycles. The number of hydrogen-bond donors (Lipinski definition) is 1. The van der Waals surface area contributed by atoms with Gasteiger partial charge in [-0.1, -0.05) is 23.5 Å². The number of carbonyl (C=O) groups excluding carboxylic acids is 2. The minimum Gasteiger partial charge on any atom is -0.494 e. The van der Waals surface area contributed by atoms with Crippen molar-refractivity contribution in [3.8, 4) is 5.75 Å². The monoisotopic (exact) mass is 423 g/mol. The number of piperidine rings is 1. The van der Waals surface area contributed by atoms with Crippen LogP contribution >= 0.6 is 11.3 Å². The summed E-state index contributed by atoms with van der Waals surface area (Å²) in [5.41, 5.74) is 2.21. The third kappa shape index (κ3) is 4.46. The predicted octanol–water partition coefficient (Wildman–Crippen LogP) is 4.75. The Kier molecular flexibility index (Phi) is 5.99. The molecule has 1 aliphatic rings. The van der Waals surface area contributed by atoms with Crippen LogP contribution in [0.3, 0.4) is 0 Å². The topological polar surface area (TPSA) is 71.5 Å². The van der Waals surface area contributed by atoms with Crippen molar-refractivity contribution in [1.82, 2.24) is 4.98 Å². The molecule has 0 bridgehead atoms. The van der Waals surface area contributed by atoms with Gasteiger partial charge in [-0.15, -0.1) is 0 Å². The Morgan fingerprint density at radius 1 is 1.27 bits per heavy atom. The maximum Gasteiger partial charge on any atom is 0.229 e. The number of rotatable bonds is 6. The maximum absolute atomic E-state index is 12.9. The van der Waals surface area contributed by atoms with E-state index >= 15 is 0 Å². The molecule has 2 aromatic carbocycles. The van der Waals surface area contributed by atoms with E-state index in [1.54, 1.807) is 29.5 Å². The average Bonchev–Trinajstić information content (AvgIpc) is 3.18. The van der Waals surface area contributed by atoms with Crippen molar-refractivity contribution in [3.63, 3.8) is 0 Å². The van der Waals surface area contributed by atoms with Crippen molar-refractivity contribution in [1.29, 1.82) is 0 Å². The average molecular weight is 424 g/mol. The van der Waals surface area contributed by atoms with E-state index in [-0.39, 0.29) is 17.6 Å². The highest BCUT2D eigenvalue weighted by atomic mass is 32.1. The molecule has 1 aromatic heterocycles. The fraction of sp³-hybridized carbons (Fsp3) is 0.348. The molecule has 1 saturated heterocycles. The molecule has 0 aliphatic carbocycles. The standard InChI is InChI=1S/C23H25N3O3S/c1-3-29-19-9-10-20-21(13-19)30-23(25-20)26-11-5-7-17(14-26)22(28)24-18-8-4-6-16(12-18)15(2)27/h4,6,8-10,12-13,17H,3,5,7,11,14H2,1-2H3,(H,24,28)/t17-/m1/s1. The Morgan fingerprint density at radius 3 is 2.93 bits per heavy atom. The highest BCUT2D eigenvalue weighted by molar-refractivity contribution is 7.22. The summed E-state index contributed by atoms with van der Waals surface area (Å²) in [6, 6.07) is 13.0. The number of carbonyl (C=O) groups is 2. The van der Waals surface area contributed by atoms with Crippen molar-refractivity contribution < 1.29 is 14.3 Å². The van der Waals surface area contributed by atoms with E-state index < -0.39 is 0 Å². The van der Waals surface area contributed by atoms with Crippen LogP contribution in [-0.2, 0) is 4.79 Å². The quantitative estimate of drug-likeness (QED) is 0.579. The first-order valence-electron chi connectivity index (χ1n) is 10.2.